The molecule has 2 unspecified atom stereocenters. The Morgan fingerprint density at radius 3 is 2.77 bits per heavy atom. The molecule has 26 heavy (non-hydrogen) atoms. The molecule has 2 amide bonds. The molecule has 8 heteroatoms. The number of carbonyl (C=O) groups excluding carboxylic acids is 2. The predicted octanol–water partition coefficient (Wildman–Crippen LogP) is 1.03. The minimum atomic E-state index is -0.462. The average molecular weight is 362 g/mol. The number of piperidine rings is 1. The molecule has 0 bridgehead atoms. The number of rotatable bonds is 2. The Morgan fingerprint density at radius 2 is 2.12 bits per heavy atom. The van der Waals surface area contributed by atoms with Crippen LogP contribution in [0, 0.1) is 11.7 Å². The highest BCUT2D eigenvalue weighted by molar-refractivity contribution is 5.80. The van der Waals surface area contributed by atoms with E-state index in [4.69, 9.17) is 4.74 Å². The molecule has 3 saturated heterocycles. The summed E-state index contributed by atoms with van der Waals surface area (Å²) in [4.78, 5) is 28.1. The smallest absolute Gasteiger partial charge is 0.410 e. The summed E-state index contributed by atoms with van der Waals surface area (Å²) in [5.41, 5.74) is 6.41. The van der Waals surface area contributed by atoms with Gasteiger partial charge in [0.05, 0.1) is 18.5 Å². The number of ether oxygens (including phenoxy) is 1. The van der Waals surface area contributed by atoms with Crippen LogP contribution in [-0.4, -0.2) is 60.6 Å². The summed E-state index contributed by atoms with van der Waals surface area (Å²) in [5, 5.41) is 0. The van der Waals surface area contributed by atoms with Gasteiger partial charge in [0.25, 0.3) is 0 Å². The molecule has 4 rings (SSSR count). The van der Waals surface area contributed by atoms with Gasteiger partial charge in [0, 0.05) is 39.5 Å². The number of likely N-dealkylation sites (N-methyl/N-ethyl adjacent to an activating group) is 1. The second-order valence-electron chi connectivity index (χ2n) is 7.40. The van der Waals surface area contributed by atoms with Crippen molar-refractivity contribution in [2.75, 3.05) is 33.2 Å². The lowest BCUT2D eigenvalue weighted by atomic mass is 9.89. The van der Waals surface area contributed by atoms with Crippen molar-refractivity contribution in [2.24, 2.45) is 5.92 Å². The van der Waals surface area contributed by atoms with Crippen LogP contribution in [0.2, 0.25) is 0 Å². The van der Waals surface area contributed by atoms with Crippen LogP contribution in [0.5, 0.6) is 0 Å². The van der Waals surface area contributed by atoms with Crippen LogP contribution in [0.4, 0.5) is 9.18 Å². The van der Waals surface area contributed by atoms with E-state index < -0.39 is 5.60 Å². The van der Waals surface area contributed by atoms with E-state index >= 15 is 0 Å². The second-order valence-corrected chi connectivity index (χ2v) is 7.40. The van der Waals surface area contributed by atoms with Crippen LogP contribution in [0.15, 0.2) is 24.3 Å². The number of hydrazine groups is 1. The van der Waals surface area contributed by atoms with Gasteiger partial charge in [-0.25, -0.2) is 14.6 Å². The van der Waals surface area contributed by atoms with Crippen LogP contribution in [0.1, 0.15) is 24.4 Å². The fourth-order valence-corrected chi connectivity index (χ4v) is 4.16. The first kappa shape index (κ1) is 17.2. The molecular formula is C18H23FN4O3. The number of amides is 2. The van der Waals surface area contributed by atoms with Crippen molar-refractivity contribution < 1.29 is 18.7 Å². The van der Waals surface area contributed by atoms with Gasteiger partial charge < -0.3 is 14.5 Å². The summed E-state index contributed by atoms with van der Waals surface area (Å²) in [6.45, 7) is 2.20. The highest BCUT2D eigenvalue weighted by atomic mass is 19.1. The topological polar surface area (TPSA) is 73.9 Å². The summed E-state index contributed by atoms with van der Waals surface area (Å²) >= 11 is 0. The highest BCUT2D eigenvalue weighted by Crippen LogP contribution is 2.34. The number of likely N-dealkylation sites (tertiary alicyclic amines) is 1. The molecule has 0 aliphatic carbocycles. The largest absolute Gasteiger partial charge is 0.441 e. The maximum atomic E-state index is 13.5. The molecule has 0 saturated carbocycles. The van der Waals surface area contributed by atoms with Crippen LogP contribution in [0.3, 0.4) is 0 Å². The molecule has 0 aromatic heterocycles. The first-order valence-electron chi connectivity index (χ1n) is 8.94. The number of hydrogen-bond donors (Lipinski definition) is 2. The molecule has 3 heterocycles. The fourth-order valence-electron chi connectivity index (χ4n) is 4.16. The van der Waals surface area contributed by atoms with Crippen molar-refractivity contribution in [1.82, 2.24) is 20.7 Å². The van der Waals surface area contributed by atoms with Gasteiger partial charge in [0.2, 0.25) is 5.91 Å². The van der Waals surface area contributed by atoms with E-state index in [1.807, 2.05) is 11.0 Å². The number of carbonyl (C=O) groups is 2. The minimum absolute atomic E-state index is 0.0456. The zero-order chi connectivity index (χ0) is 18.3. The van der Waals surface area contributed by atoms with E-state index in [0.29, 0.717) is 39.0 Å². The van der Waals surface area contributed by atoms with Crippen molar-refractivity contribution in [1.29, 1.82) is 0 Å². The maximum Gasteiger partial charge on any atom is 0.410 e. The maximum absolute atomic E-state index is 13.5. The Labute approximate surface area is 151 Å². The summed E-state index contributed by atoms with van der Waals surface area (Å²) in [6.07, 6.45) is 1.00. The third-order valence-corrected chi connectivity index (χ3v) is 5.63. The third-order valence-electron chi connectivity index (χ3n) is 5.63. The van der Waals surface area contributed by atoms with Crippen molar-refractivity contribution in [3.8, 4) is 0 Å². The third kappa shape index (κ3) is 3.03. The van der Waals surface area contributed by atoms with E-state index in [1.165, 1.54) is 12.1 Å². The Balaban J connectivity index is 1.42. The molecule has 2 N–H and O–H groups in total. The Morgan fingerprint density at radius 1 is 1.35 bits per heavy atom. The highest BCUT2D eigenvalue weighted by Gasteiger charge is 2.47. The first-order valence-corrected chi connectivity index (χ1v) is 8.94. The lowest BCUT2D eigenvalue weighted by Crippen LogP contribution is -2.50. The standard InChI is InChI=1S/C18H23FN4O3/c1-22-11-18(26-17(22)25)5-7-23(8-6-18)16(24)14-10-20-21-15(14)12-3-2-4-13(19)9-12/h2-4,9,14-15,20-21H,5-8,10-11H2,1H3. The van der Waals surface area contributed by atoms with Crippen molar-refractivity contribution >= 4 is 12.0 Å². The van der Waals surface area contributed by atoms with Gasteiger partial charge >= 0.3 is 6.09 Å². The Hall–Kier alpha value is -2.19. The van der Waals surface area contributed by atoms with Crippen LogP contribution in [-0.2, 0) is 9.53 Å². The minimum Gasteiger partial charge on any atom is -0.441 e. The van der Waals surface area contributed by atoms with Gasteiger partial charge in [-0.2, -0.15) is 0 Å². The van der Waals surface area contributed by atoms with Crippen molar-refractivity contribution in [3.05, 3.63) is 35.6 Å². The molecule has 0 radical (unpaired) electrons. The molecule has 3 aliphatic heterocycles. The SMILES string of the molecule is CN1CC2(CCN(C(=O)C3CNNC3c3cccc(F)c3)CC2)OC1=O. The summed E-state index contributed by atoms with van der Waals surface area (Å²) in [5.74, 6) is -0.557. The summed E-state index contributed by atoms with van der Waals surface area (Å²) in [6, 6.07) is 6.08. The lowest BCUT2D eigenvalue weighted by Gasteiger charge is -2.38. The Bertz CT molecular complexity index is 720. The van der Waals surface area contributed by atoms with Crippen molar-refractivity contribution in [2.45, 2.75) is 24.5 Å². The number of nitrogens with zero attached hydrogens (tertiary/aromatic N) is 2. The monoisotopic (exact) mass is 362 g/mol. The van der Waals surface area contributed by atoms with Crippen LogP contribution in [0.25, 0.3) is 0 Å². The molecular weight excluding hydrogens is 339 g/mol. The number of halogens is 1. The van der Waals surface area contributed by atoms with Gasteiger partial charge in [-0.05, 0) is 17.7 Å². The first-order chi connectivity index (χ1) is 12.5. The molecule has 2 atom stereocenters. The zero-order valence-electron chi connectivity index (χ0n) is 14.7. The number of nitrogens with one attached hydrogen (secondary N) is 2. The van der Waals surface area contributed by atoms with Crippen molar-refractivity contribution in [3.63, 3.8) is 0 Å². The normalized spacial score (nSPS) is 27.8. The van der Waals surface area contributed by atoms with Gasteiger partial charge in [-0.1, -0.05) is 12.1 Å². The molecule has 1 aromatic carbocycles. The van der Waals surface area contributed by atoms with Gasteiger partial charge in [-0.3, -0.25) is 10.2 Å². The summed E-state index contributed by atoms with van der Waals surface area (Å²) in [7, 11) is 1.73. The molecule has 1 spiro atoms. The molecule has 3 aliphatic rings. The van der Waals surface area contributed by atoms with E-state index in [9.17, 15) is 14.0 Å². The van der Waals surface area contributed by atoms with E-state index in [1.54, 1.807) is 18.0 Å². The van der Waals surface area contributed by atoms with Gasteiger partial charge in [-0.15, -0.1) is 0 Å². The second kappa shape index (κ2) is 6.51. The fraction of sp³-hybridized carbons (Fsp3) is 0.556. The molecule has 3 fully saturated rings. The molecule has 1 aromatic rings. The molecule has 140 valence electrons. The predicted molar refractivity (Wildman–Crippen MR) is 91.4 cm³/mol. The zero-order valence-corrected chi connectivity index (χ0v) is 14.7. The molecule has 7 nitrogen and oxygen atoms in total. The van der Waals surface area contributed by atoms with E-state index in [0.717, 1.165) is 5.56 Å². The number of benzene rings is 1. The van der Waals surface area contributed by atoms with Crippen LogP contribution >= 0.6 is 0 Å². The van der Waals surface area contributed by atoms with Crippen LogP contribution < -0.4 is 10.9 Å². The average Bonchev–Trinajstić information content (AvgIpc) is 3.20. The van der Waals surface area contributed by atoms with E-state index in [2.05, 4.69) is 10.9 Å². The quantitative estimate of drug-likeness (QED) is 0.822. The van der Waals surface area contributed by atoms with Gasteiger partial charge in [0.1, 0.15) is 11.4 Å². The van der Waals surface area contributed by atoms with Gasteiger partial charge in [0.15, 0.2) is 0 Å². The van der Waals surface area contributed by atoms with E-state index in [-0.39, 0.29) is 29.8 Å². The summed E-state index contributed by atoms with van der Waals surface area (Å²) < 4.78 is 19.1. The lowest BCUT2D eigenvalue weighted by molar-refractivity contribution is -0.138. The number of hydrogen-bond acceptors (Lipinski definition) is 5. The Kier molecular flexibility index (Phi) is 4.32.